The van der Waals surface area contributed by atoms with Crippen LogP contribution in [0.4, 0.5) is 5.69 Å². The second-order valence-corrected chi connectivity index (χ2v) is 7.92. The number of quaternary nitrogens is 1. The SMILES string of the molecule is COc1ccc([N+](C)(C)C)c(CS(=O)c2nc3ccccc3[nH]2)c1.[Cl-]. The Kier molecular flexibility index (Phi) is 5.87. The lowest BCUT2D eigenvalue weighted by Gasteiger charge is -2.26. The van der Waals surface area contributed by atoms with E-state index in [1.165, 1.54) is 0 Å². The van der Waals surface area contributed by atoms with E-state index in [0.717, 1.165) is 28.0 Å². The predicted octanol–water partition coefficient (Wildman–Crippen LogP) is 0.0800. The van der Waals surface area contributed by atoms with Crippen molar-refractivity contribution in [2.24, 2.45) is 0 Å². The van der Waals surface area contributed by atoms with Crippen LogP contribution in [0.15, 0.2) is 47.6 Å². The summed E-state index contributed by atoms with van der Waals surface area (Å²) in [5.41, 5.74) is 3.84. The van der Waals surface area contributed by atoms with Crippen LogP contribution in [0.5, 0.6) is 5.75 Å². The number of rotatable bonds is 5. The standard InChI is InChI=1S/C18H22N3O2S.ClH/c1-21(2,3)17-10-9-14(23-4)11-13(17)12-24(22)18-19-15-7-5-6-8-16(15)20-18;/h5-11H,12H2,1-4H3,(H,19,20);1H/q+1;/p-1. The zero-order valence-corrected chi connectivity index (χ0v) is 16.3. The molecule has 3 rings (SSSR count). The lowest BCUT2D eigenvalue weighted by molar-refractivity contribution is -0.00000664. The fourth-order valence-electron chi connectivity index (χ4n) is 2.71. The van der Waals surface area contributed by atoms with Crippen LogP contribution in [0.2, 0.25) is 0 Å². The molecule has 5 nitrogen and oxygen atoms in total. The monoisotopic (exact) mass is 379 g/mol. The fourth-order valence-corrected chi connectivity index (χ4v) is 3.78. The van der Waals surface area contributed by atoms with Gasteiger partial charge in [0.1, 0.15) is 11.4 Å². The van der Waals surface area contributed by atoms with Gasteiger partial charge in [-0.3, -0.25) is 8.69 Å². The summed E-state index contributed by atoms with van der Waals surface area (Å²) in [6, 6.07) is 13.6. The van der Waals surface area contributed by atoms with Gasteiger partial charge in [0.25, 0.3) is 0 Å². The molecular formula is C18H22ClN3O2S. The number of nitrogens with zero attached hydrogens (tertiary/aromatic N) is 2. The molecule has 1 heterocycles. The van der Waals surface area contributed by atoms with E-state index in [1.807, 2.05) is 42.5 Å². The number of ether oxygens (including phenoxy) is 1. The van der Waals surface area contributed by atoms with Gasteiger partial charge in [0.15, 0.2) is 5.16 Å². The highest BCUT2D eigenvalue weighted by atomic mass is 35.5. The van der Waals surface area contributed by atoms with Crippen LogP contribution in [-0.2, 0) is 16.6 Å². The average molecular weight is 380 g/mol. The zero-order valence-electron chi connectivity index (χ0n) is 14.7. The van der Waals surface area contributed by atoms with Gasteiger partial charge < -0.3 is 22.1 Å². The summed E-state index contributed by atoms with van der Waals surface area (Å²) in [6.45, 7) is 0. The second kappa shape index (κ2) is 7.56. The molecular weight excluding hydrogens is 358 g/mol. The van der Waals surface area contributed by atoms with Crippen LogP contribution in [0, 0.1) is 0 Å². The van der Waals surface area contributed by atoms with Crippen molar-refractivity contribution in [1.29, 1.82) is 0 Å². The number of benzene rings is 2. The Labute approximate surface area is 156 Å². The molecule has 0 aliphatic heterocycles. The summed E-state index contributed by atoms with van der Waals surface area (Å²) >= 11 is 0. The maximum absolute atomic E-state index is 12.8. The number of aromatic nitrogens is 2. The number of nitrogens with one attached hydrogen (secondary N) is 1. The highest BCUT2D eigenvalue weighted by molar-refractivity contribution is 7.84. The van der Waals surface area contributed by atoms with Crippen LogP contribution in [0.1, 0.15) is 5.56 Å². The van der Waals surface area contributed by atoms with Crippen molar-refractivity contribution in [3.05, 3.63) is 48.0 Å². The molecule has 0 bridgehead atoms. The number of methoxy groups -OCH3 is 1. The first-order chi connectivity index (χ1) is 11.4. The average Bonchev–Trinajstić information content (AvgIpc) is 2.98. The molecule has 0 aliphatic carbocycles. The molecule has 0 radical (unpaired) electrons. The Balaban J connectivity index is 0.00000225. The number of aromatic amines is 1. The van der Waals surface area contributed by atoms with Crippen molar-refractivity contribution in [3.8, 4) is 5.75 Å². The number of hydrogen-bond acceptors (Lipinski definition) is 3. The van der Waals surface area contributed by atoms with Crippen LogP contribution >= 0.6 is 0 Å². The quantitative estimate of drug-likeness (QED) is 0.639. The van der Waals surface area contributed by atoms with Gasteiger partial charge in [-0.05, 0) is 24.3 Å². The van der Waals surface area contributed by atoms with E-state index in [0.29, 0.717) is 15.4 Å². The maximum Gasteiger partial charge on any atom is 0.197 e. The first-order valence-corrected chi connectivity index (χ1v) is 9.02. The Morgan fingerprint density at radius 3 is 2.52 bits per heavy atom. The number of halogens is 1. The van der Waals surface area contributed by atoms with Crippen LogP contribution < -0.4 is 21.6 Å². The van der Waals surface area contributed by atoms with Gasteiger partial charge in [-0.15, -0.1) is 0 Å². The van der Waals surface area contributed by atoms with E-state index < -0.39 is 10.8 Å². The van der Waals surface area contributed by atoms with Crippen molar-refractivity contribution in [2.45, 2.75) is 10.9 Å². The maximum atomic E-state index is 12.8. The van der Waals surface area contributed by atoms with Gasteiger partial charge in [-0.2, -0.15) is 0 Å². The van der Waals surface area contributed by atoms with E-state index >= 15 is 0 Å². The summed E-state index contributed by atoms with van der Waals surface area (Å²) < 4.78 is 18.8. The fraction of sp³-hybridized carbons (Fsp3) is 0.278. The van der Waals surface area contributed by atoms with Crippen molar-refractivity contribution in [2.75, 3.05) is 28.3 Å². The molecule has 0 aliphatic rings. The minimum absolute atomic E-state index is 0. The Hall–Kier alpha value is -1.89. The number of hydrogen-bond donors (Lipinski definition) is 1. The number of para-hydroxylation sites is 2. The van der Waals surface area contributed by atoms with E-state index in [4.69, 9.17) is 4.74 Å². The molecule has 1 N–H and O–H groups in total. The number of imidazole rings is 1. The van der Waals surface area contributed by atoms with Gasteiger partial charge in [0.2, 0.25) is 0 Å². The third-order valence-electron chi connectivity index (χ3n) is 3.88. The van der Waals surface area contributed by atoms with E-state index in [1.54, 1.807) is 7.11 Å². The summed E-state index contributed by atoms with van der Waals surface area (Å²) in [5, 5.41) is 0.506. The lowest BCUT2D eigenvalue weighted by atomic mass is 10.1. The molecule has 1 aromatic heterocycles. The molecule has 3 aromatic rings. The van der Waals surface area contributed by atoms with Gasteiger partial charge in [-0.1, -0.05) is 12.1 Å². The third-order valence-corrected chi connectivity index (χ3v) is 5.08. The largest absolute Gasteiger partial charge is 1.00 e. The molecule has 1 unspecified atom stereocenters. The normalized spacial score (nSPS) is 12.6. The lowest BCUT2D eigenvalue weighted by Crippen LogP contribution is -3.00. The topological polar surface area (TPSA) is 55.0 Å². The number of H-pyrrole nitrogens is 1. The van der Waals surface area contributed by atoms with Gasteiger partial charge in [-0.25, -0.2) is 4.98 Å². The van der Waals surface area contributed by atoms with E-state index in [2.05, 4.69) is 31.1 Å². The molecule has 1 atom stereocenters. The summed E-state index contributed by atoms with van der Waals surface area (Å²) in [5.74, 6) is 1.16. The highest BCUT2D eigenvalue weighted by Gasteiger charge is 2.21. The molecule has 134 valence electrons. The molecule has 0 amide bonds. The Morgan fingerprint density at radius 1 is 1.16 bits per heavy atom. The van der Waals surface area contributed by atoms with Crippen LogP contribution in [0.25, 0.3) is 11.0 Å². The Morgan fingerprint density at radius 2 is 1.88 bits per heavy atom. The highest BCUT2D eigenvalue weighted by Crippen LogP contribution is 2.29. The molecule has 25 heavy (non-hydrogen) atoms. The summed E-state index contributed by atoms with van der Waals surface area (Å²) in [4.78, 5) is 7.61. The van der Waals surface area contributed by atoms with Crippen molar-refractivity contribution in [1.82, 2.24) is 14.5 Å². The molecule has 0 saturated heterocycles. The van der Waals surface area contributed by atoms with Crippen molar-refractivity contribution in [3.63, 3.8) is 0 Å². The van der Waals surface area contributed by atoms with E-state index in [9.17, 15) is 4.21 Å². The van der Waals surface area contributed by atoms with Crippen LogP contribution in [-0.4, -0.2) is 42.4 Å². The molecule has 0 saturated carbocycles. The first-order valence-electron chi connectivity index (χ1n) is 7.70. The molecule has 2 aromatic carbocycles. The smallest absolute Gasteiger partial charge is 0.197 e. The third kappa shape index (κ3) is 4.21. The minimum atomic E-state index is -1.25. The minimum Gasteiger partial charge on any atom is -1.00 e. The summed E-state index contributed by atoms with van der Waals surface area (Å²) in [6.07, 6.45) is 0. The van der Waals surface area contributed by atoms with E-state index in [-0.39, 0.29) is 12.4 Å². The second-order valence-electron chi connectivity index (χ2n) is 6.56. The molecule has 0 fully saturated rings. The van der Waals surface area contributed by atoms with Gasteiger partial charge in [0, 0.05) is 11.6 Å². The van der Waals surface area contributed by atoms with Crippen LogP contribution in [0.3, 0.4) is 0 Å². The van der Waals surface area contributed by atoms with Crippen molar-refractivity contribution < 1.29 is 21.4 Å². The predicted molar refractivity (Wildman–Crippen MR) is 98.8 cm³/mol. The van der Waals surface area contributed by atoms with Crippen molar-refractivity contribution >= 4 is 27.5 Å². The number of fused-ring (bicyclic) bond motifs is 1. The molecule has 7 heteroatoms. The summed E-state index contributed by atoms with van der Waals surface area (Å²) in [7, 11) is 6.66. The van der Waals surface area contributed by atoms with Gasteiger partial charge in [0.05, 0.1) is 55.8 Å². The molecule has 0 spiro atoms. The zero-order chi connectivity index (χ0) is 17.3. The first kappa shape index (κ1) is 19.4. The van der Waals surface area contributed by atoms with Gasteiger partial charge >= 0.3 is 0 Å². The Bertz CT molecular complexity index is 870.